The Morgan fingerprint density at radius 2 is 2.00 bits per heavy atom. The van der Waals surface area contributed by atoms with E-state index in [1.807, 2.05) is 24.3 Å². The van der Waals surface area contributed by atoms with E-state index >= 15 is 0 Å². The van der Waals surface area contributed by atoms with Crippen LogP contribution in [0.4, 0.5) is 5.69 Å². The van der Waals surface area contributed by atoms with Crippen molar-refractivity contribution in [2.75, 3.05) is 5.32 Å². The maximum atomic E-state index is 12.3. The molecule has 0 spiro atoms. The van der Waals surface area contributed by atoms with Crippen LogP contribution in [0, 0.1) is 0 Å². The summed E-state index contributed by atoms with van der Waals surface area (Å²) in [6.45, 7) is 5.83. The molecule has 0 saturated carbocycles. The Labute approximate surface area is 134 Å². The second-order valence-corrected chi connectivity index (χ2v) is 5.49. The van der Waals surface area contributed by atoms with Crippen LogP contribution in [0.5, 0.6) is 0 Å². The number of rotatable bonds is 6. The number of aromatic nitrogens is 3. The molecule has 1 aromatic heterocycles. The average Bonchev–Trinajstić information content (AvgIpc) is 2.90. The van der Waals surface area contributed by atoms with Gasteiger partial charge in [0.2, 0.25) is 5.91 Å². The molecule has 0 saturated heterocycles. The number of carbonyl (C=O) groups is 2. The highest BCUT2D eigenvalue weighted by Crippen LogP contribution is 2.23. The van der Waals surface area contributed by atoms with E-state index in [0.717, 1.165) is 11.3 Å². The zero-order valence-electron chi connectivity index (χ0n) is 13.4. The highest BCUT2D eigenvalue weighted by Gasteiger charge is 2.19. The highest BCUT2D eigenvalue weighted by molar-refractivity contribution is 5.92. The summed E-state index contributed by atoms with van der Waals surface area (Å²) >= 11 is 0. The zero-order chi connectivity index (χ0) is 17.0. The zero-order valence-corrected chi connectivity index (χ0v) is 13.4. The predicted molar refractivity (Wildman–Crippen MR) is 85.5 cm³/mol. The third-order valence-electron chi connectivity index (χ3n) is 3.53. The Morgan fingerprint density at radius 1 is 1.30 bits per heavy atom. The lowest BCUT2D eigenvalue weighted by atomic mass is 10.0. The first-order valence-electron chi connectivity index (χ1n) is 7.48. The van der Waals surface area contributed by atoms with Gasteiger partial charge in [0, 0.05) is 5.69 Å². The van der Waals surface area contributed by atoms with Gasteiger partial charge >= 0.3 is 5.97 Å². The number of carbonyl (C=O) groups excluding carboxylic acids is 1. The number of nitrogens with zero attached hydrogens (tertiary/aromatic N) is 3. The lowest BCUT2D eigenvalue weighted by molar-refractivity contribution is -0.117. The van der Waals surface area contributed by atoms with Crippen LogP contribution in [0.2, 0.25) is 0 Å². The number of carboxylic acids is 1. The summed E-state index contributed by atoms with van der Waals surface area (Å²) in [6.07, 6.45) is 0.435. The third kappa shape index (κ3) is 3.74. The van der Waals surface area contributed by atoms with Gasteiger partial charge in [0.05, 0.1) is 5.69 Å². The first-order valence-corrected chi connectivity index (χ1v) is 7.48. The largest absolute Gasteiger partial charge is 0.476 e. The molecule has 7 nitrogen and oxygen atoms in total. The summed E-state index contributed by atoms with van der Waals surface area (Å²) in [4.78, 5) is 23.3. The van der Waals surface area contributed by atoms with E-state index in [9.17, 15) is 9.59 Å². The topological polar surface area (TPSA) is 97.1 Å². The van der Waals surface area contributed by atoms with Crippen molar-refractivity contribution in [2.24, 2.45) is 0 Å². The van der Waals surface area contributed by atoms with E-state index in [4.69, 9.17) is 5.11 Å². The molecule has 0 radical (unpaired) electrons. The number of hydrogen-bond acceptors (Lipinski definition) is 4. The van der Waals surface area contributed by atoms with Crippen LogP contribution in [0.1, 0.15) is 48.4 Å². The van der Waals surface area contributed by atoms with E-state index in [0.29, 0.717) is 12.1 Å². The monoisotopic (exact) mass is 316 g/mol. The lowest BCUT2D eigenvalue weighted by Crippen LogP contribution is -2.22. The minimum absolute atomic E-state index is 0.0735. The molecular weight excluding hydrogens is 296 g/mol. The molecule has 0 bridgehead atoms. The van der Waals surface area contributed by atoms with Crippen LogP contribution in [-0.2, 0) is 17.8 Å². The summed E-state index contributed by atoms with van der Waals surface area (Å²) in [5.74, 6) is -1.13. The first kappa shape index (κ1) is 16.7. The van der Waals surface area contributed by atoms with Crippen LogP contribution in [-0.4, -0.2) is 32.0 Å². The Balaban J connectivity index is 2.16. The quantitative estimate of drug-likeness (QED) is 0.852. The van der Waals surface area contributed by atoms with Gasteiger partial charge in [0.15, 0.2) is 5.69 Å². The normalized spacial score (nSPS) is 10.8. The summed E-state index contributed by atoms with van der Waals surface area (Å²) in [5.41, 5.74) is 2.12. The molecule has 2 rings (SSSR count). The number of anilines is 1. The van der Waals surface area contributed by atoms with Gasteiger partial charge in [-0.05, 0) is 24.0 Å². The molecule has 2 aromatic rings. The van der Waals surface area contributed by atoms with Gasteiger partial charge < -0.3 is 10.4 Å². The Morgan fingerprint density at radius 3 is 2.61 bits per heavy atom. The summed E-state index contributed by atoms with van der Waals surface area (Å²) in [7, 11) is 0. The fourth-order valence-corrected chi connectivity index (χ4v) is 2.42. The first-order chi connectivity index (χ1) is 10.9. The summed E-state index contributed by atoms with van der Waals surface area (Å²) in [6, 6.07) is 7.60. The number of benzene rings is 1. The number of carboxylic acid groups (broad SMARTS) is 1. The highest BCUT2D eigenvalue weighted by atomic mass is 16.4. The molecule has 122 valence electrons. The molecule has 1 amide bonds. The maximum absolute atomic E-state index is 12.3. The molecule has 1 aromatic carbocycles. The Kier molecular flexibility index (Phi) is 5.10. The molecule has 1 heterocycles. The Hall–Kier alpha value is -2.70. The van der Waals surface area contributed by atoms with E-state index in [-0.39, 0.29) is 24.1 Å². The van der Waals surface area contributed by atoms with Gasteiger partial charge in [-0.3, -0.25) is 4.79 Å². The van der Waals surface area contributed by atoms with Crippen molar-refractivity contribution in [1.29, 1.82) is 0 Å². The van der Waals surface area contributed by atoms with Crippen molar-refractivity contribution in [2.45, 2.75) is 39.7 Å². The second kappa shape index (κ2) is 7.04. The molecule has 2 N–H and O–H groups in total. The molecule has 0 unspecified atom stereocenters. The molecule has 23 heavy (non-hydrogen) atoms. The fraction of sp³-hybridized carbons (Fsp3) is 0.375. The van der Waals surface area contributed by atoms with E-state index in [1.165, 1.54) is 4.68 Å². The van der Waals surface area contributed by atoms with Crippen LogP contribution in [0.15, 0.2) is 24.3 Å². The number of amides is 1. The van der Waals surface area contributed by atoms with Crippen molar-refractivity contribution in [3.8, 4) is 0 Å². The maximum Gasteiger partial charge on any atom is 0.358 e. The van der Waals surface area contributed by atoms with Crippen LogP contribution in [0.25, 0.3) is 0 Å². The smallest absolute Gasteiger partial charge is 0.358 e. The predicted octanol–water partition coefficient (Wildman–Crippen LogP) is 2.30. The molecular formula is C16H20N4O3. The van der Waals surface area contributed by atoms with Gasteiger partial charge in [-0.2, -0.15) is 0 Å². The number of nitrogens with one attached hydrogen (secondary N) is 1. The van der Waals surface area contributed by atoms with Gasteiger partial charge in [0.1, 0.15) is 6.54 Å². The van der Waals surface area contributed by atoms with Crippen molar-refractivity contribution >= 4 is 17.6 Å². The molecule has 7 heteroatoms. The summed E-state index contributed by atoms with van der Waals surface area (Å²) in [5, 5.41) is 19.3. The molecule has 0 fully saturated rings. The van der Waals surface area contributed by atoms with E-state index in [2.05, 4.69) is 29.5 Å². The van der Waals surface area contributed by atoms with Crippen molar-refractivity contribution in [1.82, 2.24) is 15.0 Å². The Bertz CT molecular complexity index is 722. The fourth-order valence-electron chi connectivity index (χ4n) is 2.42. The van der Waals surface area contributed by atoms with Crippen LogP contribution < -0.4 is 5.32 Å². The minimum atomic E-state index is -1.14. The number of hydrogen-bond donors (Lipinski definition) is 2. The standard InChI is InChI=1S/C16H20N4O3/c1-4-13-15(16(22)23)18-19-20(13)9-14(21)17-12-8-6-5-7-11(12)10(2)3/h5-8,10H,4,9H2,1-3H3,(H,17,21)(H,22,23). The third-order valence-corrected chi connectivity index (χ3v) is 3.53. The van der Waals surface area contributed by atoms with E-state index < -0.39 is 5.97 Å². The van der Waals surface area contributed by atoms with Crippen molar-refractivity contribution in [3.63, 3.8) is 0 Å². The SMILES string of the molecule is CCc1c(C(=O)O)nnn1CC(=O)Nc1ccccc1C(C)C. The molecule has 0 aliphatic carbocycles. The molecule has 0 aliphatic heterocycles. The second-order valence-electron chi connectivity index (χ2n) is 5.49. The molecule has 0 aliphatic rings. The van der Waals surface area contributed by atoms with Gasteiger partial charge in [-0.25, -0.2) is 9.48 Å². The van der Waals surface area contributed by atoms with Crippen molar-refractivity contribution < 1.29 is 14.7 Å². The number of aromatic carboxylic acids is 1. The van der Waals surface area contributed by atoms with E-state index in [1.54, 1.807) is 6.92 Å². The lowest BCUT2D eigenvalue weighted by Gasteiger charge is -2.14. The van der Waals surface area contributed by atoms with Crippen molar-refractivity contribution in [3.05, 3.63) is 41.2 Å². The molecule has 0 atom stereocenters. The minimum Gasteiger partial charge on any atom is -0.476 e. The van der Waals surface area contributed by atoms with Crippen LogP contribution >= 0.6 is 0 Å². The van der Waals surface area contributed by atoms with Crippen LogP contribution in [0.3, 0.4) is 0 Å². The summed E-state index contributed by atoms with van der Waals surface area (Å²) < 4.78 is 1.33. The average molecular weight is 316 g/mol. The van der Waals surface area contributed by atoms with Gasteiger partial charge in [0.25, 0.3) is 0 Å². The van der Waals surface area contributed by atoms with Gasteiger partial charge in [-0.15, -0.1) is 5.10 Å². The number of para-hydroxylation sites is 1. The van der Waals surface area contributed by atoms with Gasteiger partial charge in [-0.1, -0.05) is 44.2 Å².